The number of esters is 3. The van der Waals surface area contributed by atoms with Crippen molar-refractivity contribution in [2.75, 3.05) is 0 Å². The van der Waals surface area contributed by atoms with Crippen LogP contribution in [0.25, 0.3) is 33.4 Å². The molecule has 0 spiro atoms. The van der Waals surface area contributed by atoms with Gasteiger partial charge in [-0.05, 0) is 159 Å². The van der Waals surface area contributed by atoms with Gasteiger partial charge in [-0.15, -0.1) is 0 Å². The first-order valence-electron chi connectivity index (χ1n) is 27.9. The zero-order valence-electron chi connectivity index (χ0n) is 51.6. The molecule has 0 saturated heterocycles. The molecule has 3 unspecified atom stereocenters. The average Bonchev–Trinajstić information content (AvgIpc) is 0.824. The quantitative estimate of drug-likeness (QED) is 0.0112. The predicted octanol–water partition coefficient (Wildman–Crippen LogP) is 18.1. The van der Waals surface area contributed by atoms with Gasteiger partial charge in [0.15, 0.2) is 0 Å². The number of nitrogens with one attached hydrogen (secondary N) is 1. The molecule has 0 bridgehead atoms. The number of ether oxygens (including phenoxy) is 3. The number of allylic oxidation sites excluding steroid dienone is 3. The topological polar surface area (TPSA) is 246 Å². The number of carbonyl (C=O) groups excluding carboxylic acids is 5. The van der Waals surface area contributed by atoms with E-state index >= 15 is 0 Å². The summed E-state index contributed by atoms with van der Waals surface area (Å²) in [6.45, 7) is 16.6. The zero-order chi connectivity index (χ0) is 66.9. The van der Waals surface area contributed by atoms with Crippen molar-refractivity contribution in [1.29, 1.82) is 0 Å². The van der Waals surface area contributed by atoms with Gasteiger partial charge in [0, 0.05) is 49.2 Å². The fourth-order valence-electron chi connectivity index (χ4n) is 7.88. The Balaban J connectivity index is -0.000000404. The Morgan fingerprint density at radius 3 is 1.32 bits per heavy atom. The first-order chi connectivity index (χ1) is 41.7. The lowest BCUT2D eigenvalue weighted by Crippen LogP contribution is -2.43. The van der Waals surface area contributed by atoms with Gasteiger partial charge in [-0.2, -0.15) is 23.4 Å². The molecule has 0 radical (unpaired) electrons. The molecule has 6 N–H and O–H groups in total. The molecule has 0 aromatic heterocycles. The number of amides is 1. The van der Waals surface area contributed by atoms with Crippen molar-refractivity contribution in [3.05, 3.63) is 185 Å². The number of carbonyl (C=O) groups is 7. The number of rotatable bonds is 21. The number of aromatic carboxylic acids is 2. The molecule has 6 aromatic rings. The lowest BCUT2D eigenvalue weighted by Gasteiger charge is -2.21. The van der Waals surface area contributed by atoms with Crippen LogP contribution >= 0.6 is 35.0 Å². The van der Waals surface area contributed by atoms with E-state index in [-0.39, 0.29) is 140 Å². The zero-order valence-corrected chi connectivity index (χ0v) is 54.8. The van der Waals surface area contributed by atoms with Gasteiger partial charge in [0.2, 0.25) is 11.1 Å². The van der Waals surface area contributed by atoms with Crippen LogP contribution in [0.2, 0.25) is 0 Å². The minimum atomic E-state index is -1.39. The molecule has 15 nitrogen and oxygen atoms in total. The van der Waals surface area contributed by atoms with E-state index in [4.69, 9.17) is 36.7 Å². The summed E-state index contributed by atoms with van der Waals surface area (Å²) in [7, 11) is 0. The third-order valence-electron chi connectivity index (χ3n) is 11.9. The molecule has 95 heavy (non-hydrogen) atoms. The van der Waals surface area contributed by atoms with Crippen molar-refractivity contribution in [1.82, 2.24) is 5.32 Å². The van der Waals surface area contributed by atoms with E-state index in [0.29, 0.717) is 37.0 Å². The Hall–Kier alpha value is -8.30. The molecule has 24 heteroatoms. The van der Waals surface area contributed by atoms with Crippen molar-refractivity contribution in [2.24, 2.45) is 17.6 Å². The van der Waals surface area contributed by atoms with Crippen LogP contribution < -0.4 is 20.5 Å². The standard InChI is InChI=1S/C25H27F2NO5.C23H27F2NO4.C13H8F2O3.C6H9ClO.4CH4.H3P.H2S.H2/c1-4-5-6-7-23(29)28-21(12-15(2)3)25(32)33-22-11-8-16(13-19(22)24(30)31)18-10-9-17(26)14-20(18)27;1-13(2)10-19(26)22(28)29-20-9-6-14(16-8-7-15(24)12-18(16)25)11-17(20)21(27)30-23(3,4)5;14-8-2-3-9(11(15)6-8)7-1-4-12(16)10(5-7)13(17)18;1-2-3-4-5-6(7)8;;;;;;;/h5-6,8-11,13-15,21H,4,7,12H2,1-3H3,(H,28,29)(H,30,31);6-9,11-13,19H,10,26H2,1-5H3;1-6,16H,(H,17,18);3-4H,2,5H2,1H3;4*1H4;1H3;1H2;1H/b6-5-;;;4-3-;;;;;;;/i;;;;;;;;;;1+2. The van der Waals surface area contributed by atoms with Crippen LogP contribution in [0, 0.1) is 46.7 Å². The van der Waals surface area contributed by atoms with Crippen molar-refractivity contribution < 1.29 is 90.9 Å². The minimum Gasteiger partial charge on any atom is -0.507 e. The third kappa shape index (κ3) is 32.1. The summed E-state index contributed by atoms with van der Waals surface area (Å²) in [5, 5.41) is 30.1. The third-order valence-corrected chi connectivity index (χ3v) is 12.1. The van der Waals surface area contributed by atoms with Gasteiger partial charge in [0.05, 0.1) is 0 Å². The Labute approximate surface area is 571 Å². The number of benzene rings is 6. The lowest BCUT2D eigenvalue weighted by molar-refractivity contribution is -0.139. The summed E-state index contributed by atoms with van der Waals surface area (Å²) in [5.74, 6) is -10.4. The summed E-state index contributed by atoms with van der Waals surface area (Å²) in [6.07, 6.45) is 10.1. The van der Waals surface area contributed by atoms with Crippen LogP contribution in [0.1, 0.15) is 163 Å². The smallest absolute Gasteiger partial charge is 0.342 e. The first-order valence-corrected chi connectivity index (χ1v) is 28.3. The maximum absolute atomic E-state index is 14.2. The van der Waals surface area contributed by atoms with Gasteiger partial charge >= 0.3 is 29.8 Å². The summed E-state index contributed by atoms with van der Waals surface area (Å²) in [4.78, 5) is 82.7. The van der Waals surface area contributed by atoms with Gasteiger partial charge < -0.3 is 40.6 Å². The van der Waals surface area contributed by atoms with Crippen molar-refractivity contribution in [3.8, 4) is 50.6 Å². The van der Waals surface area contributed by atoms with E-state index in [1.165, 1.54) is 54.6 Å². The average molecular weight is 1400 g/mol. The highest BCUT2D eigenvalue weighted by Gasteiger charge is 2.28. The van der Waals surface area contributed by atoms with Gasteiger partial charge in [-0.25, -0.2) is 50.3 Å². The monoisotopic (exact) mass is 1400 g/mol. The van der Waals surface area contributed by atoms with Gasteiger partial charge in [-0.1, -0.05) is 114 Å². The molecule has 0 aliphatic carbocycles. The Kier molecular flexibility index (Phi) is 44.2. The summed E-state index contributed by atoms with van der Waals surface area (Å²) < 4.78 is 97.2. The number of aromatic hydroxyl groups is 1. The SMILES string of the molecule is C.C.C.C.CC(C)CC(N)C(=O)Oc1ccc(-c2ccc(F)cc2F)cc1C(=O)OC(C)(C)C.CC/C=C\CC(=O)Cl.CC/C=C\CC(=O)NC(CC(C)C)C(=O)Oc1ccc(-c2ccc(F)cc2F)cc1C(=O)O.O=C(O)c1cc(-c2ccc(F)cc2F)ccc1O.P.S.[3HH]. The molecule has 0 fully saturated rings. The van der Waals surface area contributed by atoms with Gasteiger partial charge in [-0.3, -0.25) is 9.59 Å². The van der Waals surface area contributed by atoms with E-state index in [1.54, 1.807) is 32.9 Å². The highest BCUT2D eigenvalue weighted by molar-refractivity contribution is 7.59. The Morgan fingerprint density at radius 1 is 0.558 bits per heavy atom. The first kappa shape index (κ1) is 93.1. The lowest BCUT2D eigenvalue weighted by atomic mass is 10.0. The second-order valence-corrected chi connectivity index (χ2v) is 21.9. The molecule has 1 amide bonds. The van der Waals surface area contributed by atoms with Crippen LogP contribution in [-0.2, 0) is 23.9 Å². The maximum Gasteiger partial charge on any atom is 0.342 e. The van der Waals surface area contributed by atoms with Crippen molar-refractivity contribution >= 4 is 76.0 Å². The van der Waals surface area contributed by atoms with Crippen LogP contribution in [0.15, 0.2) is 133 Å². The fourth-order valence-corrected chi connectivity index (χ4v) is 7.97. The summed E-state index contributed by atoms with van der Waals surface area (Å²) in [5.41, 5.74) is 5.21. The number of carboxylic acid groups (broad SMARTS) is 2. The second-order valence-electron chi connectivity index (χ2n) is 21.5. The maximum atomic E-state index is 14.2. The Bertz CT molecular complexity index is 3550. The molecule has 0 aliphatic heterocycles. The van der Waals surface area contributed by atoms with Crippen LogP contribution in [-0.4, -0.2) is 74.0 Å². The largest absolute Gasteiger partial charge is 0.507 e. The number of phenols is 1. The van der Waals surface area contributed by atoms with E-state index in [0.717, 1.165) is 55.3 Å². The molecular weight excluding hydrogens is 1300 g/mol. The predicted molar refractivity (Wildman–Crippen MR) is 376 cm³/mol. The molecule has 3 atom stereocenters. The molecule has 0 aliphatic rings. The highest BCUT2D eigenvalue weighted by atomic mass is 35.5. The fraction of sp³-hybridized carbons (Fsp3) is 0.338. The number of nitrogens with two attached hydrogens (primary N) is 1. The number of hydrogen-bond acceptors (Lipinski definition) is 12. The molecule has 0 heterocycles. The number of hydrogen-bond donors (Lipinski definition) is 5. The molecule has 6 aromatic carbocycles. The van der Waals surface area contributed by atoms with Gasteiger partial charge in [0.25, 0.3) is 0 Å². The highest BCUT2D eigenvalue weighted by Crippen LogP contribution is 2.33. The molecule has 526 valence electrons. The summed E-state index contributed by atoms with van der Waals surface area (Å²) >= 11 is 5.02. The molecular formula is C71H94ClF6N2O13PS. The molecule has 0 saturated carbocycles. The van der Waals surface area contributed by atoms with Crippen molar-refractivity contribution in [3.63, 3.8) is 0 Å². The summed E-state index contributed by atoms with van der Waals surface area (Å²) in [6, 6.07) is 18.8. The number of carboxylic acids is 2. The van der Waals surface area contributed by atoms with Crippen molar-refractivity contribution in [2.45, 2.75) is 148 Å². The van der Waals surface area contributed by atoms with E-state index in [1.807, 2.05) is 53.7 Å². The molecule has 6 rings (SSSR count). The van der Waals surface area contributed by atoms with E-state index < -0.39 is 88.2 Å². The van der Waals surface area contributed by atoms with E-state index in [2.05, 4.69) is 5.32 Å². The van der Waals surface area contributed by atoms with Crippen LogP contribution in [0.5, 0.6) is 17.2 Å². The normalized spacial score (nSPS) is 11.0. The van der Waals surface area contributed by atoms with Crippen LogP contribution in [0.3, 0.4) is 0 Å². The van der Waals surface area contributed by atoms with E-state index in [9.17, 15) is 70.1 Å². The minimum absolute atomic E-state index is 0. The van der Waals surface area contributed by atoms with Crippen LogP contribution in [0.4, 0.5) is 26.3 Å². The second kappa shape index (κ2) is 45.1. The van der Waals surface area contributed by atoms with Gasteiger partial charge in [0.1, 0.15) is 86.5 Å². The number of halogens is 7. The Morgan fingerprint density at radius 2 is 0.937 bits per heavy atom.